The normalized spacial score (nSPS) is 15.9. The van der Waals surface area contributed by atoms with Crippen molar-refractivity contribution < 1.29 is 19.1 Å². The highest BCUT2D eigenvalue weighted by Gasteiger charge is 2.22. The van der Waals surface area contributed by atoms with Gasteiger partial charge in [-0.05, 0) is 35.9 Å². The smallest absolute Gasteiger partial charge is 0.272 e. The minimum absolute atomic E-state index is 0.0329. The van der Waals surface area contributed by atoms with Crippen molar-refractivity contribution in [1.29, 1.82) is 0 Å². The van der Waals surface area contributed by atoms with Gasteiger partial charge in [-0.1, -0.05) is 12.1 Å². The van der Waals surface area contributed by atoms with Crippen LogP contribution in [0.15, 0.2) is 48.7 Å². The van der Waals surface area contributed by atoms with Crippen molar-refractivity contribution in [3.63, 3.8) is 0 Å². The summed E-state index contributed by atoms with van der Waals surface area (Å²) < 4.78 is 12.4. The van der Waals surface area contributed by atoms with Gasteiger partial charge in [-0.15, -0.1) is 0 Å². The summed E-state index contributed by atoms with van der Waals surface area (Å²) in [5.74, 6) is 1.14. The molecule has 0 aliphatic carbocycles. The van der Waals surface area contributed by atoms with E-state index in [2.05, 4.69) is 15.3 Å². The van der Waals surface area contributed by atoms with Crippen molar-refractivity contribution in [3.05, 3.63) is 59.9 Å². The van der Waals surface area contributed by atoms with Gasteiger partial charge in [0.1, 0.15) is 0 Å². The Kier molecular flexibility index (Phi) is 5.17. The first-order chi connectivity index (χ1) is 15.2. The van der Waals surface area contributed by atoms with Crippen molar-refractivity contribution >= 4 is 17.3 Å². The number of pyridine rings is 1. The van der Waals surface area contributed by atoms with Gasteiger partial charge in [0.25, 0.3) is 5.91 Å². The van der Waals surface area contributed by atoms with E-state index in [1.165, 1.54) is 0 Å². The Morgan fingerprint density at radius 3 is 2.68 bits per heavy atom. The Morgan fingerprint density at radius 1 is 1.00 bits per heavy atom. The maximum absolute atomic E-state index is 12.5. The molecule has 1 fully saturated rings. The molecule has 2 aliphatic heterocycles. The number of benzene rings is 1. The first-order valence-corrected chi connectivity index (χ1v) is 10.3. The number of carbonyl (C=O) groups excluding carboxylic acids is 2. The van der Waals surface area contributed by atoms with Gasteiger partial charge in [-0.2, -0.15) is 5.10 Å². The average Bonchev–Trinajstić information content (AvgIpc) is 3.44. The topological polar surface area (TPSA) is 88.4 Å². The lowest BCUT2D eigenvalue weighted by Gasteiger charge is -2.34. The van der Waals surface area contributed by atoms with Crippen molar-refractivity contribution in [2.45, 2.75) is 6.54 Å². The lowest BCUT2D eigenvalue weighted by molar-refractivity contribution is -0.131. The number of fused-ring (bicyclic) bond motifs is 2. The number of nitrogens with zero attached hydrogens (tertiary/aromatic N) is 4. The number of rotatable bonds is 5. The predicted molar refractivity (Wildman–Crippen MR) is 112 cm³/mol. The van der Waals surface area contributed by atoms with Gasteiger partial charge in [0.15, 0.2) is 17.2 Å². The van der Waals surface area contributed by atoms with Gasteiger partial charge in [0.2, 0.25) is 12.7 Å². The van der Waals surface area contributed by atoms with Gasteiger partial charge in [0, 0.05) is 38.9 Å². The van der Waals surface area contributed by atoms with Gasteiger partial charge in [-0.3, -0.25) is 14.5 Å². The van der Waals surface area contributed by atoms with Crippen LogP contribution in [-0.2, 0) is 11.3 Å². The lowest BCUT2D eigenvalue weighted by Crippen LogP contribution is -2.50. The summed E-state index contributed by atoms with van der Waals surface area (Å²) in [5.41, 5.74) is 2.29. The van der Waals surface area contributed by atoms with Gasteiger partial charge in [0.05, 0.1) is 12.1 Å². The van der Waals surface area contributed by atoms with Crippen molar-refractivity contribution in [1.82, 2.24) is 24.7 Å². The van der Waals surface area contributed by atoms with E-state index in [1.807, 2.05) is 36.4 Å². The Morgan fingerprint density at radius 2 is 1.84 bits per heavy atom. The molecule has 31 heavy (non-hydrogen) atoms. The molecule has 4 heterocycles. The van der Waals surface area contributed by atoms with Crippen LogP contribution in [0.1, 0.15) is 16.1 Å². The summed E-state index contributed by atoms with van der Waals surface area (Å²) in [6.07, 6.45) is 1.78. The Balaban J connectivity index is 1.09. The maximum atomic E-state index is 12.5. The molecule has 1 aromatic carbocycles. The van der Waals surface area contributed by atoms with Gasteiger partial charge >= 0.3 is 0 Å². The Bertz CT molecular complexity index is 1090. The number of nitrogens with one attached hydrogen (secondary N) is 1. The zero-order valence-electron chi connectivity index (χ0n) is 17.0. The number of aromatic nitrogens is 2. The molecule has 0 radical (unpaired) electrons. The fraction of sp³-hybridized carbons (Fsp3) is 0.318. The maximum Gasteiger partial charge on any atom is 0.272 e. The molecule has 1 N–H and O–H groups in total. The third-order valence-corrected chi connectivity index (χ3v) is 5.57. The zero-order chi connectivity index (χ0) is 21.2. The number of hydrogen-bond donors (Lipinski definition) is 1. The van der Waals surface area contributed by atoms with Gasteiger partial charge < -0.3 is 19.7 Å². The third-order valence-electron chi connectivity index (χ3n) is 5.57. The van der Waals surface area contributed by atoms with Crippen LogP contribution in [0.2, 0.25) is 0 Å². The van der Waals surface area contributed by atoms with Crippen molar-refractivity contribution in [3.8, 4) is 11.5 Å². The lowest BCUT2D eigenvalue weighted by atomic mass is 10.1. The number of ether oxygens (including phenoxy) is 2. The molecule has 0 unspecified atom stereocenters. The molecule has 3 aromatic rings. The van der Waals surface area contributed by atoms with Crippen LogP contribution in [0.4, 0.5) is 0 Å². The van der Waals surface area contributed by atoms with E-state index in [4.69, 9.17) is 9.47 Å². The summed E-state index contributed by atoms with van der Waals surface area (Å²) >= 11 is 0. The van der Waals surface area contributed by atoms with Crippen LogP contribution in [0, 0.1) is 0 Å². The van der Waals surface area contributed by atoms with E-state index in [9.17, 15) is 9.59 Å². The molecule has 0 saturated carbocycles. The molecule has 0 bridgehead atoms. The second kappa shape index (κ2) is 8.27. The van der Waals surface area contributed by atoms with E-state index >= 15 is 0 Å². The SMILES string of the molecule is O=C(NCC(=O)N1CCN(Cc2ccc3c(c2)OCO3)CC1)c1cc2ccccn2n1. The summed E-state index contributed by atoms with van der Waals surface area (Å²) in [6.45, 7) is 3.85. The molecule has 1 saturated heterocycles. The first-order valence-electron chi connectivity index (χ1n) is 10.3. The van der Waals surface area contributed by atoms with Crippen LogP contribution in [-0.4, -0.2) is 70.7 Å². The Labute approximate surface area is 179 Å². The van der Waals surface area contributed by atoms with Crippen LogP contribution in [0.25, 0.3) is 5.52 Å². The molecule has 9 heteroatoms. The minimum atomic E-state index is -0.349. The molecule has 2 aliphatic rings. The van der Waals surface area contributed by atoms with Crippen LogP contribution in [0.5, 0.6) is 11.5 Å². The van der Waals surface area contributed by atoms with Crippen LogP contribution >= 0.6 is 0 Å². The van der Waals surface area contributed by atoms with Crippen molar-refractivity contribution in [2.75, 3.05) is 39.5 Å². The number of piperazine rings is 1. The number of hydrogen-bond acceptors (Lipinski definition) is 6. The quantitative estimate of drug-likeness (QED) is 0.665. The second-order valence-corrected chi connectivity index (χ2v) is 7.63. The molecule has 2 aromatic heterocycles. The molecule has 0 spiro atoms. The number of carbonyl (C=O) groups is 2. The zero-order valence-corrected chi connectivity index (χ0v) is 17.0. The number of amides is 2. The van der Waals surface area contributed by atoms with E-state index in [0.29, 0.717) is 18.8 Å². The fourth-order valence-electron chi connectivity index (χ4n) is 3.86. The standard InChI is InChI=1S/C22H23N5O4/c28-21(13-23-22(29)18-12-17-3-1-2-6-27(17)24-18)26-9-7-25(8-10-26)14-16-4-5-19-20(11-16)31-15-30-19/h1-6,11-12H,7-10,13-15H2,(H,23,29). The summed E-state index contributed by atoms with van der Waals surface area (Å²) in [4.78, 5) is 29.0. The molecule has 5 rings (SSSR count). The highest BCUT2D eigenvalue weighted by Crippen LogP contribution is 2.32. The molecule has 0 atom stereocenters. The average molecular weight is 421 g/mol. The molecular formula is C22H23N5O4. The largest absolute Gasteiger partial charge is 0.454 e. The molecule has 160 valence electrons. The third kappa shape index (κ3) is 4.17. The van der Waals surface area contributed by atoms with Crippen LogP contribution in [0.3, 0.4) is 0 Å². The molecule has 2 amide bonds. The van der Waals surface area contributed by atoms with E-state index < -0.39 is 0 Å². The summed E-state index contributed by atoms with van der Waals surface area (Å²) in [5, 5.41) is 6.92. The van der Waals surface area contributed by atoms with Gasteiger partial charge in [-0.25, -0.2) is 4.52 Å². The first kappa shape index (κ1) is 19.4. The molecular weight excluding hydrogens is 398 g/mol. The van der Waals surface area contributed by atoms with E-state index in [1.54, 1.807) is 21.7 Å². The summed E-state index contributed by atoms with van der Waals surface area (Å²) in [7, 11) is 0. The second-order valence-electron chi connectivity index (χ2n) is 7.63. The monoisotopic (exact) mass is 421 g/mol. The fourth-order valence-corrected chi connectivity index (χ4v) is 3.86. The summed E-state index contributed by atoms with van der Waals surface area (Å²) in [6, 6.07) is 13.3. The minimum Gasteiger partial charge on any atom is -0.454 e. The predicted octanol–water partition coefficient (Wildman–Crippen LogP) is 1.14. The molecule has 9 nitrogen and oxygen atoms in total. The Hall–Kier alpha value is -3.59. The highest BCUT2D eigenvalue weighted by molar-refractivity contribution is 5.95. The van der Waals surface area contributed by atoms with Crippen molar-refractivity contribution in [2.24, 2.45) is 0 Å². The van der Waals surface area contributed by atoms with E-state index in [0.717, 1.165) is 42.2 Å². The highest BCUT2D eigenvalue weighted by atomic mass is 16.7. The van der Waals surface area contributed by atoms with Crippen LogP contribution < -0.4 is 14.8 Å². The van der Waals surface area contributed by atoms with E-state index in [-0.39, 0.29) is 25.2 Å².